The van der Waals surface area contributed by atoms with Crippen LogP contribution >= 0.6 is 0 Å². The van der Waals surface area contributed by atoms with Crippen LogP contribution in [0.2, 0.25) is 0 Å². The van der Waals surface area contributed by atoms with Crippen molar-refractivity contribution < 1.29 is 23.6 Å². The summed E-state index contributed by atoms with van der Waals surface area (Å²) in [4.78, 5) is 10.8. The zero-order valence-electron chi connectivity index (χ0n) is 12.9. The molecule has 1 aliphatic rings. The van der Waals surface area contributed by atoms with Crippen molar-refractivity contribution in [3.8, 4) is 0 Å². The SMILES string of the molecule is COC(=O)NCCOCC=CB1OC(C)(C)C(C)(C)O1. The van der Waals surface area contributed by atoms with Crippen LogP contribution in [0.4, 0.5) is 4.79 Å². The minimum atomic E-state index is -0.457. The highest BCUT2D eigenvalue weighted by molar-refractivity contribution is 6.51. The number of alkyl carbamates (subject to hydrolysis) is 1. The van der Waals surface area contributed by atoms with Crippen LogP contribution in [-0.4, -0.2) is 51.3 Å². The smallest absolute Gasteiger partial charge is 0.453 e. The van der Waals surface area contributed by atoms with Crippen LogP contribution in [0.1, 0.15) is 27.7 Å². The number of hydrogen-bond acceptors (Lipinski definition) is 5. The van der Waals surface area contributed by atoms with Gasteiger partial charge in [-0.2, -0.15) is 0 Å². The number of amides is 1. The maximum Gasteiger partial charge on any atom is 0.486 e. The third-order valence-electron chi connectivity index (χ3n) is 3.48. The summed E-state index contributed by atoms with van der Waals surface area (Å²) < 4.78 is 21.4. The number of carbonyl (C=O) groups excluding carboxylic acids is 1. The maximum absolute atomic E-state index is 10.8. The first kappa shape index (κ1) is 17.0. The summed E-state index contributed by atoms with van der Waals surface area (Å²) in [6.07, 6.45) is 1.39. The molecule has 0 aromatic heterocycles. The molecule has 0 bridgehead atoms. The Kier molecular flexibility index (Phi) is 6.04. The second-order valence-corrected chi connectivity index (χ2v) is 5.55. The molecule has 0 saturated carbocycles. The van der Waals surface area contributed by atoms with Gasteiger partial charge in [0.2, 0.25) is 0 Å². The molecule has 114 valence electrons. The summed E-state index contributed by atoms with van der Waals surface area (Å²) in [5, 5.41) is 2.53. The van der Waals surface area contributed by atoms with E-state index in [0.29, 0.717) is 19.8 Å². The van der Waals surface area contributed by atoms with Crippen LogP contribution in [-0.2, 0) is 18.8 Å². The van der Waals surface area contributed by atoms with Gasteiger partial charge in [0, 0.05) is 6.54 Å². The molecule has 0 unspecified atom stereocenters. The summed E-state index contributed by atoms with van der Waals surface area (Å²) in [6, 6.07) is 0. The summed E-state index contributed by atoms with van der Waals surface area (Å²) in [6.45, 7) is 9.31. The van der Waals surface area contributed by atoms with E-state index in [9.17, 15) is 4.79 Å². The fraction of sp³-hybridized carbons (Fsp3) is 0.769. The Labute approximate surface area is 120 Å². The Morgan fingerprint density at radius 2 is 1.85 bits per heavy atom. The van der Waals surface area contributed by atoms with Crippen LogP contribution < -0.4 is 5.32 Å². The molecule has 20 heavy (non-hydrogen) atoms. The molecule has 7 heteroatoms. The van der Waals surface area contributed by atoms with Crippen molar-refractivity contribution in [2.24, 2.45) is 0 Å². The predicted octanol–water partition coefficient (Wildman–Crippen LogP) is 1.55. The van der Waals surface area contributed by atoms with Crippen LogP contribution in [0.15, 0.2) is 12.1 Å². The monoisotopic (exact) mass is 285 g/mol. The molecule has 1 aliphatic heterocycles. The molecule has 1 N–H and O–H groups in total. The molecule has 0 aliphatic carbocycles. The van der Waals surface area contributed by atoms with Crippen LogP contribution in [0.3, 0.4) is 0 Å². The molecule has 0 atom stereocenters. The number of rotatable bonds is 6. The molecular weight excluding hydrogens is 261 g/mol. The Morgan fingerprint density at radius 3 is 2.40 bits per heavy atom. The van der Waals surface area contributed by atoms with E-state index in [1.165, 1.54) is 7.11 Å². The van der Waals surface area contributed by atoms with Crippen molar-refractivity contribution in [1.82, 2.24) is 5.32 Å². The molecule has 1 fully saturated rings. The van der Waals surface area contributed by atoms with Crippen molar-refractivity contribution in [3.63, 3.8) is 0 Å². The lowest BCUT2D eigenvalue weighted by Crippen LogP contribution is -2.41. The maximum atomic E-state index is 10.8. The van der Waals surface area contributed by atoms with Gasteiger partial charge in [0.25, 0.3) is 0 Å². The molecule has 1 saturated heterocycles. The highest BCUT2D eigenvalue weighted by Crippen LogP contribution is 2.36. The van der Waals surface area contributed by atoms with Crippen molar-refractivity contribution in [2.75, 3.05) is 26.9 Å². The van der Waals surface area contributed by atoms with Gasteiger partial charge in [-0.05, 0) is 27.7 Å². The van der Waals surface area contributed by atoms with Gasteiger partial charge in [-0.15, -0.1) is 0 Å². The molecule has 0 radical (unpaired) electrons. The topological polar surface area (TPSA) is 66.0 Å². The van der Waals surface area contributed by atoms with Gasteiger partial charge in [-0.25, -0.2) is 4.79 Å². The van der Waals surface area contributed by atoms with E-state index >= 15 is 0 Å². The van der Waals surface area contributed by atoms with Gasteiger partial charge in [0.05, 0.1) is 31.5 Å². The van der Waals surface area contributed by atoms with Crippen LogP contribution in [0, 0.1) is 0 Å². The van der Waals surface area contributed by atoms with E-state index in [1.807, 2.05) is 39.7 Å². The quantitative estimate of drug-likeness (QED) is 0.592. The van der Waals surface area contributed by atoms with E-state index in [4.69, 9.17) is 14.0 Å². The summed E-state index contributed by atoms with van der Waals surface area (Å²) in [7, 11) is 0.973. The van der Waals surface area contributed by atoms with Crippen molar-refractivity contribution >= 4 is 13.2 Å². The normalized spacial score (nSPS) is 20.4. The first-order chi connectivity index (χ1) is 9.28. The van der Waals surface area contributed by atoms with Gasteiger partial charge < -0.3 is 24.1 Å². The third kappa shape index (κ3) is 4.81. The average Bonchev–Trinajstić information content (AvgIpc) is 2.56. The van der Waals surface area contributed by atoms with Gasteiger partial charge >= 0.3 is 13.2 Å². The lowest BCUT2D eigenvalue weighted by Gasteiger charge is -2.32. The van der Waals surface area contributed by atoms with Crippen molar-refractivity contribution in [2.45, 2.75) is 38.9 Å². The zero-order valence-corrected chi connectivity index (χ0v) is 12.9. The van der Waals surface area contributed by atoms with E-state index in [2.05, 4.69) is 10.1 Å². The second kappa shape index (κ2) is 7.10. The molecule has 1 amide bonds. The lowest BCUT2D eigenvalue weighted by atomic mass is 9.90. The molecule has 1 heterocycles. The van der Waals surface area contributed by atoms with Crippen LogP contribution in [0.5, 0.6) is 0 Å². The number of methoxy groups -OCH3 is 1. The standard InChI is InChI=1S/C13H24BNO5/c1-12(2)13(3,4)20-14(19-12)7-6-9-18-10-8-15-11(16)17-5/h6-7H,8-10H2,1-5H3,(H,15,16). The van der Waals surface area contributed by atoms with Crippen molar-refractivity contribution in [1.29, 1.82) is 0 Å². The Hall–Kier alpha value is -1.05. The first-order valence-electron chi connectivity index (χ1n) is 6.70. The predicted molar refractivity (Wildman–Crippen MR) is 76.4 cm³/mol. The minimum absolute atomic E-state index is 0.326. The Balaban J connectivity index is 2.16. The summed E-state index contributed by atoms with van der Waals surface area (Å²) >= 11 is 0. The zero-order chi connectivity index (χ0) is 15.2. The molecular formula is C13H24BNO5. The molecule has 1 rings (SSSR count). The number of ether oxygens (including phenoxy) is 2. The van der Waals surface area contributed by atoms with E-state index in [1.54, 1.807) is 0 Å². The van der Waals surface area contributed by atoms with E-state index < -0.39 is 6.09 Å². The summed E-state index contributed by atoms with van der Waals surface area (Å²) in [5.74, 6) is 1.84. The number of hydrogen-bond donors (Lipinski definition) is 1. The highest BCUT2D eigenvalue weighted by atomic mass is 16.7. The van der Waals surface area contributed by atoms with Gasteiger partial charge in [0.1, 0.15) is 0 Å². The average molecular weight is 285 g/mol. The minimum Gasteiger partial charge on any atom is -0.453 e. The highest BCUT2D eigenvalue weighted by Gasteiger charge is 2.49. The summed E-state index contributed by atoms with van der Waals surface area (Å²) in [5.41, 5.74) is -0.652. The Morgan fingerprint density at radius 1 is 1.25 bits per heavy atom. The van der Waals surface area contributed by atoms with Gasteiger partial charge in [-0.3, -0.25) is 0 Å². The van der Waals surface area contributed by atoms with Crippen LogP contribution in [0.25, 0.3) is 0 Å². The molecule has 6 nitrogen and oxygen atoms in total. The fourth-order valence-corrected chi connectivity index (χ4v) is 1.58. The second-order valence-electron chi connectivity index (χ2n) is 5.55. The van der Waals surface area contributed by atoms with Gasteiger partial charge in [-0.1, -0.05) is 12.1 Å². The van der Waals surface area contributed by atoms with Gasteiger partial charge in [0.15, 0.2) is 0 Å². The molecule has 0 aromatic rings. The largest absolute Gasteiger partial charge is 0.486 e. The first-order valence-corrected chi connectivity index (χ1v) is 6.70. The lowest BCUT2D eigenvalue weighted by molar-refractivity contribution is 0.00578. The molecule has 0 aromatic carbocycles. The Bertz CT molecular complexity index is 341. The molecule has 0 spiro atoms. The number of nitrogens with one attached hydrogen (secondary N) is 1. The third-order valence-corrected chi connectivity index (χ3v) is 3.48. The number of carbonyl (C=O) groups is 1. The van der Waals surface area contributed by atoms with E-state index in [-0.39, 0.29) is 18.3 Å². The fourth-order valence-electron chi connectivity index (χ4n) is 1.58. The van der Waals surface area contributed by atoms with Crippen molar-refractivity contribution in [3.05, 3.63) is 12.1 Å². The van der Waals surface area contributed by atoms with E-state index in [0.717, 1.165) is 0 Å².